The van der Waals surface area contributed by atoms with Crippen LogP contribution in [0.5, 0.6) is 11.5 Å². The lowest BCUT2D eigenvalue weighted by molar-refractivity contribution is 0.238. The molecule has 1 N–H and O–H groups in total. The van der Waals surface area contributed by atoms with Gasteiger partial charge in [0.25, 0.3) is 0 Å². The van der Waals surface area contributed by atoms with Crippen LogP contribution in [0.4, 0.5) is 0 Å². The number of benzene rings is 3. The van der Waals surface area contributed by atoms with Gasteiger partial charge in [0.2, 0.25) is 0 Å². The quantitative estimate of drug-likeness (QED) is 0.278. The zero-order valence-electron chi connectivity index (χ0n) is 23.5. The van der Waals surface area contributed by atoms with E-state index < -0.39 is 0 Å². The van der Waals surface area contributed by atoms with Gasteiger partial charge < -0.3 is 19.1 Å². The fourth-order valence-electron chi connectivity index (χ4n) is 6.04. The summed E-state index contributed by atoms with van der Waals surface area (Å²) in [4.78, 5) is 9.99. The van der Waals surface area contributed by atoms with Gasteiger partial charge in [-0.2, -0.15) is 0 Å². The van der Waals surface area contributed by atoms with Crippen LogP contribution < -0.4 is 9.47 Å². The van der Waals surface area contributed by atoms with Crippen LogP contribution in [0.15, 0.2) is 60.7 Å². The summed E-state index contributed by atoms with van der Waals surface area (Å²) < 4.78 is 14.1. The van der Waals surface area contributed by atoms with E-state index >= 15 is 0 Å². The highest BCUT2D eigenvalue weighted by Crippen LogP contribution is 2.30. The number of nitrogens with zero attached hydrogens (tertiary/aromatic N) is 4. The second kappa shape index (κ2) is 12.4. The van der Waals surface area contributed by atoms with Crippen molar-refractivity contribution in [2.75, 3.05) is 46.4 Å². The Balaban J connectivity index is 1.26. The minimum absolute atomic E-state index is 0.00270. The van der Waals surface area contributed by atoms with Crippen LogP contribution in [0.2, 0.25) is 0 Å². The molecule has 4 aromatic rings. The summed E-state index contributed by atoms with van der Waals surface area (Å²) in [6.07, 6.45) is 5.15. The molecule has 6 rings (SSSR count). The number of rotatable bonds is 11. The van der Waals surface area contributed by atoms with Crippen LogP contribution in [0.3, 0.4) is 0 Å². The van der Waals surface area contributed by atoms with E-state index in [0.717, 1.165) is 71.2 Å². The fourth-order valence-corrected chi connectivity index (χ4v) is 6.04. The molecule has 3 aromatic carbocycles. The summed E-state index contributed by atoms with van der Waals surface area (Å²) in [6.45, 7) is 7.96. The van der Waals surface area contributed by atoms with Crippen LogP contribution in [-0.4, -0.2) is 70.9 Å². The Morgan fingerprint density at radius 1 is 0.800 bits per heavy atom. The summed E-state index contributed by atoms with van der Waals surface area (Å²) in [7, 11) is 1.76. The predicted molar refractivity (Wildman–Crippen MR) is 159 cm³/mol. The Morgan fingerprint density at radius 2 is 1.52 bits per heavy atom. The normalized spacial score (nSPS) is 16.2. The Kier molecular flexibility index (Phi) is 8.32. The largest absolute Gasteiger partial charge is 0.496 e. The maximum absolute atomic E-state index is 9.71. The van der Waals surface area contributed by atoms with Crippen molar-refractivity contribution >= 4 is 11.0 Å². The Morgan fingerprint density at radius 3 is 2.25 bits per heavy atom. The predicted octanol–water partition coefficient (Wildman–Crippen LogP) is 5.32. The number of aliphatic hydroxyl groups is 1. The number of methoxy groups -OCH3 is 1. The van der Waals surface area contributed by atoms with E-state index in [0.29, 0.717) is 13.2 Å². The highest BCUT2D eigenvalue weighted by molar-refractivity contribution is 5.81. The molecule has 0 radical (unpaired) electrons. The standard InChI is InChI=1S/C33H40N4O3/c1-39-32-21-25(6-8-28(32)23-36-16-4-5-17-36)22-37-31-13-7-26(24-38)20-30(31)34-33(37)27-9-11-29(12-10-27)40-19-18-35-14-2-3-15-35/h6-13,20-21,38H,2-5,14-19,22-24H2,1H3. The molecule has 2 saturated heterocycles. The first kappa shape index (κ1) is 26.8. The molecule has 3 heterocycles. The average molecular weight is 541 g/mol. The van der Waals surface area contributed by atoms with Gasteiger partial charge in [0.05, 0.1) is 24.8 Å². The summed E-state index contributed by atoms with van der Waals surface area (Å²) in [6, 6.07) is 20.9. The maximum atomic E-state index is 9.71. The van der Waals surface area contributed by atoms with Gasteiger partial charge in [-0.25, -0.2) is 4.98 Å². The van der Waals surface area contributed by atoms with Crippen molar-refractivity contribution in [3.8, 4) is 22.9 Å². The van der Waals surface area contributed by atoms with Crippen molar-refractivity contribution in [1.29, 1.82) is 0 Å². The van der Waals surface area contributed by atoms with Crippen LogP contribution in [-0.2, 0) is 19.7 Å². The fraction of sp³-hybridized carbons (Fsp3) is 0.424. The molecule has 0 spiro atoms. The monoisotopic (exact) mass is 540 g/mol. The lowest BCUT2D eigenvalue weighted by Crippen LogP contribution is -2.25. The highest BCUT2D eigenvalue weighted by Gasteiger charge is 2.17. The third-order valence-electron chi connectivity index (χ3n) is 8.27. The summed E-state index contributed by atoms with van der Waals surface area (Å²) in [5, 5.41) is 9.71. The lowest BCUT2D eigenvalue weighted by atomic mass is 10.1. The average Bonchev–Trinajstić information content (AvgIpc) is 3.76. The first-order valence-corrected chi connectivity index (χ1v) is 14.6. The molecule has 0 atom stereocenters. The van der Waals surface area contributed by atoms with E-state index in [1.54, 1.807) is 7.11 Å². The molecule has 1 aromatic heterocycles. The molecule has 7 nitrogen and oxygen atoms in total. The molecule has 0 saturated carbocycles. The number of aliphatic hydroxyl groups excluding tert-OH is 1. The van der Waals surface area contributed by atoms with Crippen LogP contribution in [0.1, 0.15) is 42.4 Å². The number of likely N-dealkylation sites (tertiary alicyclic amines) is 2. The summed E-state index contributed by atoms with van der Waals surface area (Å²) in [5.41, 5.74) is 6.21. The van der Waals surface area contributed by atoms with E-state index in [1.165, 1.54) is 44.3 Å². The second-order valence-corrected chi connectivity index (χ2v) is 11.1. The minimum atomic E-state index is -0.00270. The number of hydrogen-bond donors (Lipinski definition) is 1. The Hall–Kier alpha value is -3.39. The smallest absolute Gasteiger partial charge is 0.141 e. The molecule has 0 bridgehead atoms. The van der Waals surface area contributed by atoms with Crippen LogP contribution in [0, 0.1) is 0 Å². The van der Waals surface area contributed by atoms with Gasteiger partial charge in [0.15, 0.2) is 0 Å². The highest BCUT2D eigenvalue weighted by atomic mass is 16.5. The zero-order valence-corrected chi connectivity index (χ0v) is 23.5. The first-order chi connectivity index (χ1) is 19.7. The van der Waals surface area contributed by atoms with Gasteiger partial charge in [-0.15, -0.1) is 0 Å². The molecule has 0 unspecified atom stereocenters. The number of imidazole rings is 1. The van der Waals surface area contributed by atoms with Crippen molar-refractivity contribution in [3.05, 3.63) is 77.4 Å². The lowest BCUT2D eigenvalue weighted by Gasteiger charge is -2.18. The van der Waals surface area contributed by atoms with E-state index in [2.05, 4.69) is 50.8 Å². The maximum Gasteiger partial charge on any atom is 0.141 e. The molecule has 7 heteroatoms. The van der Waals surface area contributed by atoms with E-state index in [4.69, 9.17) is 14.5 Å². The van der Waals surface area contributed by atoms with Gasteiger partial charge >= 0.3 is 0 Å². The van der Waals surface area contributed by atoms with Crippen LogP contribution in [0.25, 0.3) is 22.4 Å². The number of aromatic nitrogens is 2. The molecule has 0 amide bonds. The third kappa shape index (κ3) is 6.02. The molecule has 2 aliphatic rings. The van der Waals surface area contributed by atoms with E-state index in [9.17, 15) is 5.11 Å². The summed E-state index contributed by atoms with van der Waals surface area (Å²) >= 11 is 0. The van der Waals surface area contributed by atoms with Gasteiger partial charge in [-0.3, -0.25) is 9.80 Å². The van der Waals surface area contributed by atoms with Gasteiger partial charge in [0, 0.05) is 30.8 Å². The van der Waals surface area contributed by atoms with Gasteiger partial charge in [-0.1, -0.05) is 18.2 Å². The number of hydrogen-bond acceptors (Lipinski definition) is 6. The third-order valence-corrected chi connectivity index (χ3v) is 8.27. The molecular formula is C33H40N4O3. The molecular weight excluding hydrogens is 500 g/mol. The van der Waals surface area contributed by atoms with Crippen molar-refractivity contribution in [3.63, 3.8) is 0 Å². The topological polar surface area (TPSA) is 63.0 Å². The second-order valence-electron chi connectivity index (χ2n) is 11.1. The minimum Gasteiger partial charge on any atom is -0.496 e. The molecule has 210 valence electrons. The van der Waals surface area contributed by atoms with Crippen LogP contribution >= 0.6 is 0 Å². The van der Waals surface area contributed by atoms with E-state index in [-0.39, 0.29) is 6.61 Å². The Labute approximate surface area is 237 Å². The number of fused-ring (bicyclic) bond motifs is 1. The molecule has 0 aliphatic carbocycles. The Bertz CT molecular complexity index is 1420. The molecule has 2 fully saturated rings. The van der Waals surface area contributed by atoms with Crippen molar-refractivity contribution in [2.24, 2.45) is 0 Å². The molecule has 2 aliphatic heterocycles. The van der Waals surface area contributed by atoms with E-state index in [1.807, 2.05) is 24.3 Å². The van der Waals surface area contributed by atoms with Crippen molar-refractivity contribution in [2.45, 2.75) is 45.4 Å². The first-order valence-electron chi connectivity index (χ1n) is 14.6. The van der Waals surface area contributed by atoms with Crippen molar-refractivity contribution < 1.29 is 14.6 Å². The molecule has 40 heavy (non-hydrogen) atoms. The van der Waals surface area contributed by atoms with Gasteiger partial charge in [0.1, 0.15) is 23.9 Å². The van der Waals surface area contributed by atoms with Gasteiger partial charge in [-0.05, 0) is 105 Å². The number of ether oxygens (including phenoxy) is 2. The summed E-state index contributed by atoms with van der Waals surface area (Å²) in [5.74, 6) is 2.72. The van der Waals surface area contributed by atoms with Crippen molar-refractivity contribution in [1.82, 2.24) is 19.4 Å². The zero-order chi connectivity index (χ0) is 27.3. The SMILES string of the molecule is COc1cc(Cn2c(-c3ccc(OCCN4CCCC4)cc3)nc3cc(CO)ccc32)ccc1CN1CCCC1.